The van der Waals surface area contributed by atoms with Gasteiger partial charge in [0.05, 0.1) is 5.75 Å². The number of furan rings is 1. The Labute approximate surface area is 108 Å². The monoisotopic (exact) mass is 264 g/mol. The molecule has 5 nitrogen and oxygen atoms in total. The lowest BCUT2D eigenvalue weighted by molar-refractivity contribution is 0.0924. The molecule has 0 radical (unpaired) electrons. The normalized spacial score (nSPS) is 10.3. The van der Waals surface area contributed by atoms with Crippen molar-refractivity contribution in [2.75, 3.05) is 0 Å². The minimum absolute atomic E-state index is 0.193. The van der Waals surface area contributed by atoms with Crippen LogP contribution in [0.1, 0.15) is 16.3 Å². The van der Waals surface area contributed by atoms with Crippen LogP contribution in [0, 0.1) is 0 Å². The molecular formula is C12H12N2O3S. The van der Waals surface area contributed by atoms with Gasteiger partial charge in [0.25, 0.3) is 0 Å². The highest BCUT2D eigenvalue weighted by atomic mass is 32.2. The maximum atomic E-state index is 11.2. The van der Waals surface area contributed by atoms with Gasteiger partial charge in [0, 0.05) is 4.90 Å². The fourth-order valence-electron chi connectivity index (χ4n) is 1.35. The number of hydrazine groups is 1. The van der Waals surface area contributed by atoms with E-state index in [2.05, 4.69) is 0 Å². The minimum atomic E-state index is -0.448. The molecule has 0 aliphatic carbocycles. The van der Waals surface area contributed by atoms with Crippen LogP contribution in [0.25, 0.3) is 0 Å². The first-order valence-corrected chi connectivity index (χ1v) is 6.19. The van der Waals surface area contributed by atoms with Crippen LogP contribution in [-0.4, -0.2) is 11.0 Å². The van der Waals surface area contributed by atoms with E-state index in [0.29, 0.717) is 11.5 Å². The van der Waals surface area contributed by atoms with Crippen LogP contribution in [0.4, 0.5) is 0 Å². The maximum Gasteiger partial charge on any atom is 0.300 e. The van der Waals surface area contributed by atoms with Gasteiger partial charge in [0.2, 0.25) is 0 Å². The molecule has 94 valence electrons. The van der Waals surface area contributed by atoms with Gasteiger partial charge in [-0.05, 0) is 36.4 Å². The third-order valence-corrected chi connectivity index (χ3v) is 3.27. The number of phenolic OH excluding ortho intramolecular Hbond substituents is 1. The zero-order chi connectivity index (χ0) is 13.0. The van der Waals surface area contributed by atoms with Gasteiger partial charge in [-0.15, -0.1) is 11.8 Å². The Bertz CT molecular complexity index is 537. The Hall–Kier alpha value is -1.92. The third-order valence-electron chi connectivity index (χ3n) is 2.23. The molecule has 2 aromatic rings. The number of rotatable bonds is 4. The molecule has 0 unspecified atom stereocenters. The number of nitrogens with two attached hydrogens (primary N) is 1. The van der Waals surface area contributed by atoms with Crippen molar-refractivity contribution >= 4 is 17.7 Å². The number of benzene rings is 1. The largest absolute Gasteiger partial charge is 0.508 e. The van der Waals surface area contributed by atoms with Crippen molar-refractivity contribution < 1.29 is 14.3 Å². The van der Waals surface area contributed by atoms with E-state index in [1.165, 1.54) is 0 Å². The number of thioether (sulfide) groups is 1. The van der Waals surface area contributed by atoms with Crippen LogP contribution in [0.5, 0.6) is 5.75 Å². The topological polar surface area (TPSA) is 88.5 Å². The van der Waals surface area contributed by atoms with Crippen molar-refractivity contribution in [1.29, 1.82) is 0 Å². The summed E-state index contributed by atoms with van der Waals surface area (Å²) in [6.45, 7) is 0. The van der Waals surface area contributed by atoms with Crippen molar-refractivity contribution in [3.8, 4) is 5.75 Å². The molecule has 6 heteroatoms. The second-order valence-corrected chi connectivity index (χ2v) is 4.57. The van der Waals surface area contributed by atoms with Gasteiger partial charge in [-0.25, -0.2) is 5.84 Å². The Balaban J connectivity index is 1.96. The molecule has 0 saturated carbocycles. The van der Waals surface area contributed by atoms with E-state index in [1.54, 1.807) is 36.0 Å². The van der Waals surface area contributed by atoms with Gasteiger partial charge in [-0.3, -0.25) is 10.2 Å². The third kappa shape index (κ3) is 3.06. The second-order valence-electron chi connectivity index (χ2n) is 3.52. The molecular weight excluding hydrogens is 252 g/mol. The predicted octanol–water partition coefficient (Wildman–Crippen LogP) is 1.88. The predicted molar refractivity (Wildman–Crippen MR) is 68.0 cm³/mol. The summed E-state index contributed by atoms with van der Waals surface area (Å²) in [6.07, 6.45) is 0. The van der Waals surface area contributed by atoms with E-state index in [0.717, 1.165) is 4.90 Å². The van der Waals surface area contributed by atoms with Crippen molar-refractivity contribution in [2.24, 2.45) is 5.84 Å². The molecule has 0 aliphatic heterocycles. The summed E-state index contributed by atoms with van der Waals surface area (Å²) in [5.74, 6) is 6.27. The Morgan fingerprint density at radius 1 is 1.28 bits per heavy atom. The molecule has 0 atom stereocenters. The van der Waals surface area contributed by atoms with Crippen molar-refractivity contribution in [2.45, 2.75) is 10.6 Å². The zero-order valence-corrected chi connectivity index (χ0v) is 10.2. The summed E-state index contributed by atoms with van der Waals surface area (Å²) in [5.41, 5.74) is 2.01. The summed E-state index contributed by atoms with van der Waals surface area (Å²) >= 11 is 1.55. The van der Waals surface area contributed by atoms with E-state index in [9.17, 15) is 4.79 Å². The number of hydrogen-bond donors (Lipinski definition) is 3. The van der Waals surface area contributed by atoms with Crippen LogP contribution < -0.4 is 11.3 Å². The van der Waals surface area contributed by atoms with Gasteiger partial charge in [-0.1, -0.05) is 0 Å². The highest BCUT2D eigenvalue weighted by molar-refractivity contribution is 7.98. The van der Waals surface area contributed by atoms with Gasteiger partial charge in [0.15, 0.2) is 5.76 Å². The van der Waals surface area contributed by atoms with Crippen molar-refractivity contribution in [3.63, 3.8) is 0 Å². The second kappa shape index (κ2) is 5.61. The summed E-state index contributed by atoms with van der Waals surface area (Å²) in [7, 11) is 0. The lowest BCUT2D eigenvalue weighted by Gasteiger charge is -1.99. The lowest BCUT2D eigenvalue weighted by atomic mass is 10.3. The molecule has 0 bridgehead atoms. The van der Waals surface area contributed by atoms with Gasteiger partial charge in [0.1, 0.15) is 11.5 Å². The molecule has 18 heavy (non-hydrogen) atoms. The van der Waals surface area contributed by atoms with E-state index < -0.39 is 5.91 Å². The zero-order valence-electron chi connectivity index (χ0n) is 9.42. The molecule has 0 aliphatic rings. The van der Waals surface area contributed by atoms with Crippen molar-refractivity contribution in [1.82, 2.24) is 5.43 Å². The van der Waals surface area contributed by atoms with Crippen LogP contribution >= 0.6 is 11.8 Å². The molecule has 1 aromatic carbocycles. The molecule has 1 amide bonds. The molecule has 0 fully saturated rings. The average molecular weight is 264 g/mol. The van der Waals surface area contributed by atoms with E-state index in [4.69, 9.17) is 15.4 Å². The van der Waals surface area contributed by atoms with E-state index >= 15 is 0 Å². The number of phenols is 1. The molecule has 1 aromatic heterocycles. The Morgan fingerprint density at radius 2 is 2.00 bits per heavy atom. The highest BCUT2D eigenvalue weighted by Crippen LogP contribution is 2.25. The van der Waals surface area contributed by atoms with E-state index in [-0.39, 0.29) is 11.5 Å². The fourth-order valence-corrected chi connectivity index (χ4v) is 2.14. The summed E-state index contributed by atoms with van der Waals surface area (Å²) in [4.78, 5) is 12.2. The number of nitrogens with one attached hydrogen (secondary N) is 1. The van der Waals surface area contributed by atoms with Crippen LogP contribution in [0.2, 0.25) is 0 Å². The molecule has 2 rings (SSSR count). The quantitative estimate of drug-likeness (QED) is 0.339. The van der Waals surface area contributed by atoms with Gasteiger partial charge < -0.3 is 9.52 Å². The molecule has 0 saturated heterocycles. The molecule has 0 spiro atoms. The number of amides is 1. The summed E-state index contributed by atoms with van der Waals surface area (Å²) in [5, 5.41) is 9.15. The van der Waals surface area contributed by atoms with Crippen LogP contribution in [0.15, 0.2) is 45.7 Å². The number of hydrogen-bond acceptors (Lipinski definition) is 5. The molecule has 4 N–H and O–H groups in total. The Kier molecular flexibility index (Phi) is 3.91. The minimum Gasteiger partial charge on any atom is -0.508 e. The van der Waals surface area contributed by atoms with Crippen LogP contribution in [0.3, 0.4) is 0 Å². The number of nitrogen functional groups attached to an aromatic ring is 1. The standard InChI is InChI=1S/C12H12N2O3S/c13-14-12(16)11-6-3-9(17-11)7-18-10-4-1-8(15)2-5-10/h1-6,15H,7,13H2,(H,14,16). The maximum absolute atomic E-state index is 11.2. The average Bonchev–Trinajstić information content (AvgIpc) is 2.86. The molecule has 1 heterocycles. The van der Waals surface area contributed by atoms with Gasteiger partial charge >= 0.3 is 5.91 Å². The van der Waals surface area contributed by atoms with E-state index in [1.807, 2.05) is 17.6 Å². The number of carbonyl (C=O) groups is 1. The fraction of sp³-hybridized carbons (Fsp3) is 0.0833. The number of aromatic hydroxyl groups is 1. The SMILES string of the molecule is NNC(=O)c1ccc(CSc2ccc(O)cc2)o1. The lowest BCUT2D eigenvalue weighted by Crippen LogP contribution is -2.29. The Morgan fingerprint density at radius 3 is 2.67 bits per heavy atom. The van der Waals surface area contributed by atoms with Crippen LogP contribution in [-0.2, 0) is 5.75 Å². The number of carbonyl (C=O) groups excluding carboxylic acids is 1. The summed E-state index contributed by atoms with van der Waals surface area (Å²) < 4.78 is 5.32. The van der Waals surface area contributed by atoms with Gasteiger partial charge in [-0.2, -0.15) is 0 Å². The van der Waals surface area contributed by atoms with Crippen molar-refractivity contribution in [3.05, 3.63) is 47.9 Å². The first kappa shape index (κ1) is 12.5. The smallest absolute Gasteiger partial charge is 0.300 e. The summed E-state index contributed by atoms with van der Waals surface area (Å²) in [6, 6.07) is 10.2. The first-order chi connectivity index (χ1) is 8.69. The highest BCUT2D eigenvalue weighted by Gasteiger charge is 2.09. The first-order valence-electron chi connectivity index (χ1n) is 5.20.